The van der Waals surface area contributed by atoms with Crippen LogP contribution in [0.15, 0.2) is 42.6 Å². The molecule has 0 radical (unpaired) electrons. The van der Waals surface area contributed by atoms with Gasteiger partial charge >= 0.3 is 0 Å². The Labute approximate surface area is 166 Å². The zero-order valence-corrected chi connectivity index (χ0v) is 16.7. The Balaban J connectivity index is 0.00000196. The van der Waals surface area contributed by atoms with Crippen molar-refractivity contribution >= 4 is 44.4 Å². The Morgan fingerprint density at radius 3 is 2.69 bits per heavy atom. The maximum atomic E-state index is 13.3. The molecule has 1 atom stereocenters. The fourth-order valence-corrected chi connectivity index (χ4v) is 4.12. The molecule has 1 fully saturated rings. The van der Waals surface area contributed by atoms with E-state index in [1.807, 2.05) is 24.4 Å². The maximum absolute atomic E-state index is 13.3. The minimum Gasteiger partial charge on any atom is -0.354 e. The summed E-state index contributed by atoms with van der Waals surface area (Å²) in [5, 5.41) is 0.868. The fraction of sp³-hybridized carbons (Fsp3) is 0.333. The minimum absolute atomic E-state index is 0. The molecule has 3 heterocycles. The van der Waals surface area contributed by atoms with Crippen LogP contribution in [-0.4, -0.2) is 47.6 Å². The second-order valence-electron chi connectivity index (χ2n) is 6.25. The van der Waals surface area contributed by atoms with E-state index in [-0.39, 0.29) is 28.8 Å². The van der Waals surface area contributed by atoms with Gasteiger partial charge in [-0.2, -0.15) is 0 Å². The quantitative estimate of drug-likeness (QED) is 0.678. The number of nitrogens with two attached hydrogens (primary N) is 1. The number of rotatable bonds is 4. The first-order valence-corrected chi connectivity index (χ1v) is 9.20. The minimum atomic E-state index is -0.234. The number of fused-ring (bicyclic) bond motifs is 1. The molecule has 8 heteroatoms. The van der Waals surface area contributed by atoms with Crippen molar-refractivity contribution in [2.75, 3.05) is 37.6 Å². The first kappa shape index (κ1) is 19.2. The summed E-state index contributed by atoms with van der Waals surface area (Å²) < 4.78 is 14.2. The number of anilines is 1. The molecule has 2 N–H and O–H groups in total. The van der Waals surface area contributed by atoms with Crippen LogP contribution < -0.4 is 10.6 Å². The predicted molar refractivity (Wildman–Crippen MR) is 110 cm³/mol. The zero-order valence-electron chi connectivity index (χ0n) is 14.2. The summed E-state index contributed by atoms with van der Waals surface area (Å²) in [6, 6.07) is 10.5. The molecule has 3 aromatic rings. The van der Waals surface area contributed by atoms with Gasteiger partial charge in [0.05, 0.1) is 16.3 Å². The first-order valence-electron chi connectivity index (χ1n) is 8.39. The number of thiazole rings is 1. The van der Waals surface area contributed by atoms with E-state index in [2.05, 4.69) is 19.8 Å². The van der Waals surface area contributed by atoms with E-state index in [9.17, 15) is 4.39 Å². The standard InChI is InChI=1S/C18H20FN5S.BrH/c19-13-4-5-15-16(11-13)25-18(22-15)14(20)12-23-7-9-24(10-8-23)17-3-1-2-6-21-17;/h1-6,11,14H,7-10,12,20H2;1H. The molecule has 1 unspecified atom stereocenters. The summed E-state index contributed by atoms with van der Waals surface area (Å²) in [4.78, 5) is 13.6. The number of aromatic nitrogens is 2. The van der Waals surface area contributed by atoms with E-state index in [1.165, 1.54) is 23.5 Å². The molecule has 26 heavy (non-hydrogen) atoms. The Morgan fingerprint density at radius 2 is 1.96 bits per heavy atom. The van der Waals surface area contributed by atoms with Crippen molar-refractivity contribution in [1.82, 2.24) is 14.9 Å². The van der Waals surface area contributed by atoms with Gasteiger partial charge in [0.25, 0.3) is 0 Å². The third-order valence-electron chi connectivity index (χ3n) is 4.48. The summed E-state index contributed by atoms with van der Waals surface area (Å²) in [5.74, 6) is 0.793. The van der Waals surface area contributed by atoms with Gasteiger partial charge in [-0.25, -0.2) is 14.4 Å². The van der Waals surface area contributed by atoms with Gasteiger partial charge in [-0.15, -0.1) is 28.3 Å². The van der Waals surface area contributed by atoms with E-state index in [0.717, 1.165) is 53.8 Å². The summed E-state index contributed by atoms with van der Waals surface area (Å²) in [6.45, 7) is 4.54. The predicted octanol–water partition coefficient (Wildman–Crippen LogP) is 3.23. The highest BCUT2D eigenvalue weighted by molar-refractivity contribution is 8.93. The van der Waals surface area contributed by atoms with Crippen molar-refractivity contribution in [3.05, 3.63) is 53.4 Å². The van der Waals surface area contributed by atoms with Crippen LogP contribution in [0.1, 0.15) is 11.0 Å². The topological polar surface area (TPSA) is 58.3 Å². The second kappa shape index (κ2) is 8.39. The van der Waals surface area contributed by atoms with Crippen LogP contribution in [0.3, 0.4) is 0 Å². The van der Waals surface area contributed by atoms with Crippen LogP contribution in [0.25, 0.3) is 10.2 Å². The van der Waals surface area contributed by atoms with Crippen molar-refractivity contribution < 1.29 is 4.39 Å². The summed E-state index contributed by atoms with van der Waals surface area (Å²) >= 11 is 1.48. The van der Waals surface area contributed by atoms with Crippen LogP contribution in [0.5, 0.6) is 0 Å². The molecule has 1 saturated heterocycles. The van der Waals surface area contributed by atoms with Crippen LogP contribution >= 0.6 is 28.3 Å². The van der Waals surface area contributed by atoms with Gasteiger partial charge in [-0.3, -0.25) is 4.90 Å². The van der Waals surface area contributed by atoms with Crippen molar-refractivity contribution in [2.45, 2.75) is 6.04 Å². The molecule has 1 aromatic carbocycles. The third kappa shape index (κ3) is 4.20. The lowest BCUT2D eigenvalue weighted by Crippen LogP contribution is -2.48. The van der Waals surface area contributed by atoms with Crippen molar-refractivity contribution in [3.8, 4) is 0 Å². The molecule has 2 aromatic heterocycles. The molecule has 1 aliphatic heterocycles. The molecule has 0 bridgehead atoms. The van der Waals surface area contributed by atoms with Crippen molar-refractivity contribution in [1.29, 1.82) is 0 Å². The van der Waals surface area contributed by atoms with E-state index in [4.69, 9.17) is 5.73 Å². The number of hydrogen-bond acceptors (Lipinski definition) is 6. The molecule has 0 amide bonds. The molecule has 4 rings (SSSR count). The highest BCUT2D eigenvalue weighted by Crippen LogP contribution is 2.27. The first-order chi connectivity index (χ1) is 12.2. The van der Waals surface area contributed by atoms with E-state index in [1.54, 1.807) is 6.07 Å². The van der Waals surface area contributed by atoms with Gasteiger partial charge in [-0.05, 0) is 30.3 Å². The average Bonchev–Trinajstić information content (AvgIpc) is 3.06. The van der Waals surface area contributed by atoms with Crippen LogP contribution in [0, 0.1) is 5.82 Å². The fourth-order valence-electron chi connectivity index (χ4n) is 3.13. The summed E-state index contributed by atoms with van der Waals surface area (Å²) in [5.41, 5.74) is 7.18. The smallest absolute Gasteiger partial charge is 0.128 e. The second-order valence-corrected chi connectivity index (χ2v) is 7.31. The largest absolute Gasteiger partial charge is 0.354 e. The Morgan fingerprint density at radius 1 is 1.15 bits per heavy atom. The lowest BCUT2D eigenvalue weighted by molar-refractivity contribution is 0.243. The van der Waals surface area contributed by atoms with E-state index < -0.39 is 0 Å². The average molecular weight is 438 g/mol. The van der Waals surface area contributed by atoms with Gasteiger partial charge in [0.2, 0.25) is 0 Å². The van der Waals surface area contributed by atoms with Crippen molar-refractivity contribution in [2.24, 2.45) is 5.73 Å². The van der Waals surface area contributed by atoms with Gasteiger partial charge < -0.3 is 10.6 Å². The van der Waals surface area contributed by atoms with Crippen LogP contribution in [-0.2, 0) is 0 Å². The molecule has 1 aliphatic rings. The highest BCUT2D eigenvalue weighted by atomic mass is 79.9. The molecule has 0 spiro atoms. The number of benzene rings is 1. The van der Waals surface area contributed by atoms with Crippen LogP contribution in [0.2, 0.25) is 0 Å². The van der Waals surface area contributed by atoms with Gasteiger partial charge in [0.15, 0.2) is 0 Å². The van der Waals surface area contributed by atoms with Crippen LogP contribution in [0.4, 0.5) is 10.2 Å². The van der Waals surface area contributed by atoms with Crippen molar-refractivity contribution in [3.63, 3.8) is 0 Å². The maximum Gasteiger partial charge on any atom is 0.128 e. The number of piperazine rings is 1. The Hall–Kier alpha value is -1.61. The van der Waals surface area contributed by atoms with Gasteiger partial charge in [-0.1, -0.05) is 6.07 Å². The molecule has 0 aliphatic carbocycles. The van der Waals surface area contributed by atoms with E-state index in [0.29, 0.717) is 0 Å². The Bertz CT molecular complexity index is 851. The Kier molecular flexibility index (Phi) is 6.18. The normalized spacial score (nSPS) is 16.5. The number of hydrogen-bond donors (Lipinski definition) is 1. The number of halogens is 2. The molecule has 138 valence electrons. The lowest BCUT2D eigenvalue weighted by Gasteiger charge is -2.36. The van der Waals surface area contributed by atoms with Gasteiger partial charge in [0, 0.05) is 38.9 Å². The monoisotopic (exact) mass is 437 g/mol. The summed E-state index contributed by atoms with van der Waals surface area (Å²) in [6.07, 6.45) is 1.83. The SMILES string of the molecule is Br.NC(CN1CCN(c2ccccn2)CC1)c1nc2ccc(F)cc2s1. The molecule has 5 nitrogen and oxygen atoms in total. The third-order valence-corrected chi connectivity index (χ3v) is 5.63. The molecular formula is C18H21BrFN5S. The molecular weight excluding hydrogens is 417 g/mol. The number of pyridine rings is 1. The van der Waals surface area contributed by atoms with Gasteiger partial charge in [0.1, 0.15) is 16.6 Å². The van der Waals surface area contributed by atoms with E-state index >= 15 is 0 Å². The molecule has 0 saturated carbocycles. The lowest BCUT2D eigenvalue weighted by atomic mass is 10.2. The number of nitrogens with zero attached hydrogens (tertiary/aromatic N) is 4. The highest BCUT2D eigenvalue weighted by Gasteiger charge is 2.21. The summed E-state index contributed by atoms with van der Waals surface area (Å²) in [7, 11) is 0. The zero-order chi connectivity index (χ0) is 17.2.